The number of carbonyl (C=O) groups excluding carboxylic acids is 1. The highest BCUT2D eigenvalue weighted by atomic mass is 35.5. The lowest BCUT2D eigenvalue weighted by molar-refractivity contribution is 0.0944. The molecular formula is C15H24ClN3O3. The van der Waals surface area contributed by atoms with Gasteiger partial charge in [0.05, 0.1) is 19.8 Å². The average molecular weight is 330 g/mol. The van der Waals surface area contributed by atoms with Crippen LogP contribution >= 0.6 is 12.4 Å². The van der Waals surface area contributed by atoms with Gasteiger partial charge in [-0.1, -0.05) is 0 Å². The molecule has 1 aromatic carbocycles. The predicted octanol–water partition coefficient (Wildman–Crippen LogP) is 0.761. The molecule has 1 aliphatic heterocycles. The van der Waals surface area contributed by atoms with Gasteiger partial charge in [0.1, 0.15) is 11.5 Å². The first-order chi connectivity index (χ1) is 10.2. The van der Waals surface area contributed by atoms with Crippen molar-refractivity contribution in [2.45, 2.75) is 0 Å². The molecule has 0 unspecified atom stereocenters. The lowest BCUT2D eigenvalue weighted by atomic mass is 10.1. The highest BCUT2D eigenvalue weighted by Gasteiger charge is 2.14. The van der Waals surface area contributed by atoms with E-state index in [9.17, 15) is 4.79 Å². The monoisotopic (exact) mass is 329 g/mol. The molecule has 0 bridgehead atoms. The fraction of sp³-hybridized carbons (Fsp3) is 0.533. The molecule has 0 aliphatic carbocycles. The Labute approximate surface area is 137 Å². The molecule has 7 heteroatoms. The van der Waals surface area contributed by atoms with Crippen LogP contribution in [-0.4, -0.2) is 64.3 Å². The van der Waals surface area contributed by atoms with Gasteiger partial charge in [-0.2, -0.15) is 0 Å². The number of benzene rings is 1. The van der Waals surface area contributed by atoms with Crippen LogP contribution in [0.2, 0.25) is 0 Å². The molecule has 0 saturated carbocycles. The van der Waals surface area contributed by atoms with Crippen molar-refractivity contribution in [2.24, 2.45) is 0 Å². The molecule has 2 rings (SSSR count). The Kier molecular flexibility index (Phi) is 8.01. The topological polar surface area (TPSA) is 62.8 Å². The van der Waals surface area contributed by atoms with E-state index < -0.39 is 0 Å². The van der Waals surface area contributed by atoms with E-state index in [1.54, 1.807) is 32.4 Å². The molecule has 22 heavy (non-hydrogen) atoms. The first-order valence-electron chi connectivity index (χ1n) is 7.18. The summed E-state index contributed by atoms with van der Waals surface area (Å²) < 4.78 is 10.4. The van der Waals surface area contributed by atoms with Crippen LogP contribution in [0.4, 0.5) is 0 Å². The molecule has 1 heterocycles. The van der Waals surface area contributed by atoms with E-state index in [0.717, 1.165) is 32.7 Å². The Morgan fingerprint density at radius 3 is 2.64 bits per heavy atom. The second-order valence-electron chi connectivity index (χ2n) is 4.91. The molecule has 0 spiro atoms. The predicted molar refractivity (Wildman–Crippen MR) is 88.4 cm³/mol. The molecule has 0 atom stereocenters. The Balaban J connectivity index is 0.00000242. The summed E-state index contributed by atoms with van der Waals surface area (Å²) in [4.78, 5) is 14.6. The number of nitrogens with one attached hydrogen (secondary N) is 2. The number of carbonyl (C=O) groups is 1. The first kappa shape index (κ1) is 18.5. The number of ether oxygens (including phenoxy) is 2. The van der Waals surface area contributed by atoms with Gasteiger partial charge in [0, 0.05) is 39.3 Å². The first-order valence-corrected chi connectivity index (χ1v) is 7.18. The number of hydrogen-bond acceptors (Lipinski definition) is 5. The van der Waals surface area contributed by atoms with Crippen molar-refractivity contribution < 1.29 is 14.3 Å². The zero-order valence-corrected chi connectivity index (χ0v) is 13.9. The van der Waals surface area contributed by atoms with Gasteiger partial charge < -0.3 is 20.1 Å². The van der Waals surface area contributed by atoms with E-state index in [2.05, 4.69) is 15.5 Å². The zero-order chi connectivity index (χ0) is 15.1. The standard InChI is InChI=1S/C15H23N3O3.ClH/c1-20-12-3-4-14(21-2)13(11-12)15(19)17-7-10-18-8-5-16-6-9-18;/h3-4,11,16H,5-10H2,1-2H3,(H,17,19);1H. The van der Waals surface area contributed by atoms with Crippen LogP contribution in [0.1, 0.15) is 10.4 Å². The summed E-state index contributed by atoms with van der Waals surface area (Å²) >= 11 is 0. The van der Waals surface area contributed by atoms with Gasteiger partial charge in [-0.25, -0.2) is 0 Å². The quantitative estimate of drug-likeness (QED) is 0.807. The van der Waals surface area contributed by atoms with Crippen LogP contribution in [0.15, 0.2) is 18.2 Å². The Morgan fingerprint density at radius 1 is 1.27 bits per heavy atom. The van der Waals surface area contributed by atoms with Crippen LogP contribution in [0.25, 0.3) is 0 Å². The van der Waals surface area contributed by atoms with Crippen LogP contribution in [0, 0.1) is 0 Å². The van der Waals surface area contributed by atoms with Gasteiger partial charge in [0.2, 0.25) is 0 Å². The van der Waals surface area contributed by atoms with E-state index in [-0.39, 0.29) is 18.3 Å². The summed E-state index contributed by atoms with van der Waals surface area (Å²) in [6.07, 6.45) is 0. The molecule has 1 aliphatic rings. The fourth-order valence-electron chi connectivity index (χ4n) is 2.35. The summed E-state index contributed by atoms with van der Waals surface area (Å²) in [5.74, 6) is 1.06. The third kappa shape index (κ3) is 5.05. The number of rotatable bonds is 6. The molecule has 6 nitrogen and oxygen atoms in total. The van der Waals surface area contributed by atoms with Gasteiger partial charge in [0.15, 0.2) is 0 Å². The highest BCUT2D eigenvalue weighted by molar-refractivity contribution is 5.97. The van der Waals surface area contributed by atoms with Crippen molar-refractivity contribution in [3.63, 3.8) is 0 Å². The molecule has 0 radical (unpaired) electrons. The second-order valence-corrected chi connectivity index (χ2v) is 4.91. The number of halogens is 1. The summed E-state index contributed by atoms with van der Waals surface area (Å²) in [6, 6.07) is 5.21. The van der Waals surface area contributed by atoms with Gasteiger partial charge in [-0.3, -0.25) is 9.69 Å². The fourth-order valence-corrected chi connectivity index (χ4v) is 2.35. The summed E-state index contributed by atoms with van der Waals surface area (Å²) in [6.45, 7) is 5.56. The minimum absolute atomic E-state index is 0. The van der Waals surface area contributed by atoms with Gasteiger partial charge >= 0.3 is 0 Å². The molecular weight excluding hydrogens is 306 g/mol. The molecule has 1 saturated heterocycles. The largest absolute Gasteiger partial charge is 0.497 e. The van der Waals surface area contributed by atoms with Gasteiger partial charge in [-0.15, -0.1) is 12.4 Å². The lowest BCUT2D eigenvalue weighted by Crippen LogP contribution is -2.46. The minimum atomic E-state index is -0.138. The number of amides is 1. The number of hydrogen-bond donors (Lipinski definition) is 2. The molecule has 1 amide bonds. The maximum atomic E-state index is 12.3. The van der Waals surface area contributed by atoms with E-state index in [1.807, 2.05) is 0 Å². The second kappa shape index (κ2) is 9.50. The van der Waals surface area contributed by atoms with Crippen molar-refractivity contribution in [1.29, 1.82) is 0 Å². The smallest absolute Gasteiger partial charge is 0.255 e. The summed E-state index contributed by atoms with van der Waals surface area (Å²) in [5, 5.41) is 6.24. The van der Waals surface area contributed by atoms with Crippen molar-refractivity contribution >= 4 is 18.3 Å². The van der Waals surface area contributed by atoms with E-state index in [1.165, 1.54) is 0 Å². The van der Waals surface area contributed by atoms with Crippen LogP contribution in [0.3, 0.4) is 0 Å². The average Bonchev–Trinajstić information content (AvgIpc) is 2.55. The highest BCUT2D eigenvalue weighted by Crippen LogP contribution is 2.23. The third-order valence-corrected chi connectivity index (χ3v) is 3.57. The van der Waals surface area contributed by atoms with E-state index in [0.29, 0.717) is 23.6 Å². The van der Waals surface area contributed by atoms with Crippen LogP contribution < -0.4 is 20.1 Å². The SMILES string of the molecule is COc1ccc(OC)c(C(=O)NCCN2CCNCC2)c1.Cl. The normalized spacial score (nSPS) is 14.8. The maximum absolute atomic E-state index is 12.3. The van der Waals surface area contributed by atoms with Gasteiger partial charge in [0.25, 0.3) is 5.91 Å². The lowest BCUT2D eigenvalue weighted by Gasteiger charge is -2.27. The molecule has 2 N–H and O–H groups in total. The molecule has 0 aromatic heterocycles. The minimum Gasteiger partial charge on any atom is -0.497 e. The van der Waals surface area contributed by atoms with Crippen LogP contribution in [-0.2, 0) is 0 Å². The maximum Gasteiger partial charge on any atom is 0.255 e. The number of piperazine rings is 1. The Bertz CT molecular complexity index is 479. The van der Waals surface area contributed by atoms with E-state index in [4.69, 9.17) is 9.47 Å². The number of nitrogens with zero attached hydrogens (tertiary/aromatic N) is 1. The molecule has 124 valence electrons. The summed E-state index contributed by atoms with van der Waals surface area (Å²) in [5.41, 5.74) is 0.497. The van der Waals surface area contributed by atoms with Crippen molar-refractivity contribution in [2.75, 3.05) is 53.5 Å². The molecule has 1 aromatic rings. The van der Waals surface area contributed by atoms with Crippen LogP contribution in [0.5, 0.6) is 11.5 Å². The molecule has 1 fully saturated rings. The van der Waals surface area contributed by atoms with Crippen molar-refractivity contribution in [3.8, 4) is 11.5 Å². The Morgan fingerprint density at radius 2 is 2.00 bits per heavy atom. The Hall–Kier alpha value is -1.50. The van der Waals surface area contributed by atoms with E-state index >= 15 is 0 Å². The number of methoxy groups -OCH3 is 2. The zero-order valence-electron chi connectivity index (χ0n) is 13.1. The van der Waals surface area contributed by atoms with Gasteiger partial charge in [-0.05, 0) is 18.2 Å². The van der Waals surface area contributed by atoms with Crippen molar-refractivity contribution in [3.05, 3.63) is 23.8 Å². The third-order valence-electron chi connectivity index (χ3n) is 3.57. The summed E-state index contributed by atoms with van der Waals surface area (Å²) in [7, 11) is 3.13. The van der Waals surface area contributed by atoms with Crippen molar-refractivity contribution in [1.82, 2.24) is 15.5 Å².